The van der Waals surface area contributed by atoms with Crippen molar-refractivity contribution in [2.24, 2.45) is 11.8 Å². The summed E-state index contributed by atoms with van der Waals surface area (Å²) in [6.45, 7) is 8.31. The summed E-state index contributed by atoms with van der Waals surface area (Å²) in [5.74, 6) is 1.55. The van der Waals surface area contributed by atoms with Gasteiger partial charge in [0.2, 0.25) is 5.91 Å². The van der Waals surface area contributed by atoms with Crippen LogP contribution in [0.2, 0.25) is 0 Å². The van der Waals surface area contributed by atoms with Crippen LogP contribution < -0.4 is 5.32 Å². The molecule has 0 bridgehead atoms. The summed E-state index contributed by atoms with van der Waals surface area (Å²) in [7, 11) is 2.03. The molecule has 0 aromatic carbocycles. The molecule has 0 radical (unpaired) electrons. The SMILES string of the molecule is CCCCN(C)CC(=O)NC1CCCC(C)C1C. The van der Waals surface area contributed by atoms with Gasteiger partial charge in [-0.1, -0.05) is 40.0 Å². The zero-order chi connectivity index (χ0) is 13.5. The summed E-state index contributed by atoms with van der Waals surface area (Å²) in [6, 6.07) is 0.390. The van der Waals surface area contributed by atoms with Crippen LogP contribution in [0, 0.1) is 11.8 Å². The van der Waals surface area contributed by atoms with Crippen LogP contribution in [0.4, 0.5) is 0 Å². The fourth-order valence-electron chi connectivity index (χ4n) is 2.79. The molecule has 0 saturated heterocycles. The molecule has 3 atom stereocenters. The van der Waals surface area contributed by atoms with Gasteiger partial charge in [-0.25, -0.2) is 0 Å². The average Bonchev–Trinajstić information content (AvgIpc) is 2.32. The van der Waals surface area contributed by atoms with E-state index in [1.807, 2.05) is 7.05 Å². The van der Waals surface area contributed by atoms with Crippen molar-refractivity contribution in [3.05, 3.63) is 0 Å². The minimum Gasteiger partial charge on any atom is -0.352 e. The lowest BCUT2D eigenvalue weighted by molar-refractivity contribution is -0.123. The van der Waals surface area contributed by atoms with E-state index in [0.29, 0.717) is 18.5 Å². The lowest BCUT2D eigenvalue weighted by Crippen LogP contribution is -2.46. The Morgan fingerprint density at radius 1 is 1.33 bits per heavy atom. The Kier molecular flexibility index (Phi) is 6.69. The lowest BCUT2D eigenvalue weighted by atomic mass is 9.78. The molecule has 1 fully saturated rings. The van der Waals surface area contributed by atoms with Crippen LogP contribution in [0.5, 0.6) is 0 Å². The second-order valence-corrected chi connectivity index (χ2v) is 6.03. The maximum absolute atomic E-state index is 12.0. The highest BCUT2D eigenvalue weighted by atomic mass is 16.2. The Morgan fingerprint density at radius 3 is 2.72 bits per heavy atom. The molecule has 3 nitrogen and oxygen atoms in total. The molecule has 0 aliphatic heterocycles. The van der Waals surface area contributed by atoms with Gasteiger partial charge in [-0.05, 0) is 38.3 Å². The van der Waals surface area contributed by atoms with Crippen LogP contribution in [-0.2, 0) is 4.79 Å². The van der Waals surface area contributed by atoms with E-state index in [-0.39, 0.29) is 5.91 Å². The van der Waals surface area contributed by atoms with Gasteiger partial charge in [-0.3, -0.25) is 9.69 Å². The number of hydrogen-bond donors (Lipinski definition) is 1. The highest BCUT2D eigenvalue weighted by Crippen LogP contribution is 2.29. The third kappa shape index (κ3) is 4.97. The number of amides is 1. The third-order valence-electron chi connectivity index (χ3n) is 4.36. The standard InChI is InChI=1S/C15H30N2O/c1-5-6-10-17(4)11-15(18)16-14-9-7-8-12(2)13(14)3/h12-14H,5-11H2,1-4H3,(H,16,18). The summed E-state index contributed by atoms with van der Waals surface area (Å²) in [4.78, 5) is 14.1. The average molecular weight is 254 g/mol. The van der Waals surface area contributed by atoms with Crippen LogP contribution in [-0.4, -0.2) is 37.0 Å². The molecule has 1 aliphatic carbocycles. The Morgan fingerprint density at radius 2 is 2.06 bits per heavy atom. The van der Waals surface area contributed by atoms with Crippen molar-refractivity contribution >= 4 is 5.91 Å². The Labute approximate surface area is 112 Å². The molecule has 0 aromatic heterocycles. The molecular weight excluding hydrogens is 224 g/mol. The second-order valence-electron chi connectivity index (χ2n) is 6.03. The molecule has 0 spiro atoms. The van der Waals surface area contributed by atoms with Crippen molar-refractivity contribution in [1.82, 2.24) is 10.2 Å². The van der Waals surface area contributed by atoms with E-state index in [0.717, 1.165) is 18.9 Å². The van der Waals surface area contributed by atoms with Crippen LogP contribution in [0.3, 0.4) is 0 Å². The van der Waals surface area contributed by atoms with E-state index in [9.17, 15) is 4.79 Å². The van der Waals surface area contributed by atoms with E-state index in [2.05, 4.69) is 31.0 Å². The molecule has 3 unspecified atom stereocenters. The van der Waals surface area contributed by atoms with Gasteiger partial charge in [-0.2, -0.15) is 0 Å². The number of carbonyl (C=O) groups is 1. The fraction of sp³-hybridized carbons (Fsp3) is 0.933. The van der Waals surface area contributed by atoms with E-state index in [4.69, 9.17) is 0 Å². The zero-order valence-electron chi connectivity index (χ0n) is 12.5. The molecule has 1 aliphatic rings. The number of carbonyl (C=O) groups excluding carboxylic acids is 1. The van der Waals surface area contributed by atoms with Crippen molar-refractivity contribution in [2.45, 2.75) is 58.9 Å². The molecule has 1 amide bonds. The van der Waals surface area contributed by atoms with E-state index in [1.165, 1.54) is 25.7 Å². The monoisotopic (exact) mass is 254 g/mol. The minimum absolute atomic E-state index is 0.194. The van der Waals surface area contributed by atoms with Crippen LogP contribution in [0.15, 0.2) is 0 Å². The molecule has 106 valence electrons. The molecule has 1 rings (SSSR count). The van der Waals surface area contributed by atoms with Gasteiger partial charge >= 0.3 is 0 Å². The maximum Gasteiger partial charge on any atom is 0.234 e. The molecule has 18 heavy (non-hydrogen) atoms. The smallest absolute Gasteiger partial charge is 0.234 e. The first-order chi connectivity index (χ1) is 8.54. The molecule has 1 N–H and O–H groups in total. The third-order valence-corrected chi connectivity index (χ3v) is 4.36. The van der Waals surface area contributed by atoms with Crippen molar-refractivity contribution in [2.75, 3.05) is 20.1 Å². The summed E-state index contributed by atoms with van der Waals surface area (Å²) in [5.41, 5.74) is 0. The number of hydrogen-bond acceptors (Lipinski definition) is 2. The lowest BCUT2D eigenvalue weighted by Gasteiger charge is -2.35. The molecule has 0 heterocycles. The number of rotatable bonds is 6. The van der Waals surface area contributed by atoms with Gasteiger partial charge in [0.25, 0.3) is 0 Å². The maximum atomic E-state index is 12.0. The van der Waals surface area contributed by atoms with Gasteiger partial charge in [0.15, 0.2) is 0 Å². The van der Waals surface area contributed by atoms with Gasteiger partial charge in [0, 0.05) is 6.04 Å². The number of nitrogens with one attached hydrogen (secondary N) is 1. The number of unbranched alkanes of at least 4 members (excludes halogenated alkanes) is 1. The first kappa shape index (κ1) is 15.5. The molecule has 0 aromatic rings. The van der Waals surface area contributed by atoms with Crippen LogP contribution in [0.25, 0.3) is 0 Å². The highest BCUT2D eigenvalue weighted by Gasteiger charge is 2.28. The predicted molar refractivity (Wildman–Crippen MR) is 76.5 cm³/mol. The second kappa shape index (κ2) is 7.78. The number of nitrogens with zero attached hydrogens (tertiary/aromatic N) is 1. The summed E-state index contributed by atoms with van der Waals surface area (Å²) in [5, 5.41) is 3.23. The van der Waals surface area contributed by atoms with E-state index >= 15 is 0 Å². The van der Waals surface area contributed by atoms with Gasteiger partial charge in [0.1, 0.15) is 0 Å². The van der Waals surface area contributed by atoms with Gasteiger partial charge in [-0.15, -0.1) is 0 Å². The van der Waals surface area contributed by atoms with Gasteiger partial charge in [0.05, 0.1) is 6.54 Å². The van der Waals surface area contributed by atoms with Crippen LogP contribution in [0.1, 0.15) is 52.9 Å². The largest absolute Gasteiger partial charge is 0.352 e. The topological polar surface area (TPSA) is 32.3 Å². The Hall–Kier alpha value is -0.570. The van der Waals surface area contributed by atoms with Crippen LogP contribution >= 0.6 is 0 Å². The van der Waals surface area contributed by atoms with Crippen molar-refractivity contribution in [1.29, 1.82) is 0 Å². The Bertz CT molecular complexity index is 255. The summed E-state index contributed by atoms with van der Waals surface area (Å²) in [6.07, 6.45) is 6.06. The first-order valence-electron chi connectivity index (χ1n) is 7.52. The van der Waals surface area contributed by atoms with E-state index < -0.39 is 0 Å². The van der Waals surface area contributed by atoms with E-state index in [1.54, 1.807) is 0 Å². The highest BCUT2D eigenvalue weighted by molar-refractivity contribution is 5.78. The minimum atomic E-state index is 0.194. The predicted octanol–water partition coefficient (Wildman–Crippen LogP) is 2.66. The van der Waals surface area contributed by atoms with Gasteiger partial charge < -0.3 is 5.32 Å². The molecule has 1 saturated carbocycles. The molecule has 3 heteroatoms. The van der Waals surface area contributed by atoms with Crippen molar-refractivity contribution in [3.63, 3.8) is 0 Å². The summed E-state index contributed by atoms with van der Waals surface area (Å²) >= 11 is 0. The first-order valence-corrected chi connectivity index (χ1v) is 7.52. The summed E-state index contributed by atoms with van der Waals surface area (Å²) < 4.78 is 0. The Balaban J connectivity index is 2.30. The number of likely N-dealkylation sites (N-methyl/N-ethyl adjacent to an activating group) is 1. The fourth-order valence-corrected chi connectivity index (χ4v) is 2.79. The quantitative estimate of drug-likeness (QED) is 0.790. The zero-order valence-corrected chi connectivity index (χ0v) is 12.5. The molecular formula is C15H30N2O. The van der Waals surface area contributed by atoms with Crippen molar-refractivity contribution < 1.29 is 4.79 Å². The van der Waals surface area contributed by atoms with Crippen molar-refractivity contribution in [3.8, 4) is 0 Å². The normalized spacial score (nSPS) is 28.4.